The molecule has 5 aromatic rings. The van der Waals surface area contributed by atoms with Crippen LogP contribution in [-0.2, 0) is 5.11 Å². The molecule has 5 aromatic carbocycles. The van der Waals surface area contributed by atoms with E-state index in [0.717, 1.165) is 16.3 Å². The fraction of sp³-hybridized carbons (Fsp3) is 0. The van der Waals surface area contributed by atoms with Crippen molar-refractivity contribution < 1.29 is 5.11 Å². The third-order valence-electron chi connectivity index (χ3n) is 4.85. The summed E-state index contributed by atoms with van der Waals surface area (Å²) in [6.45, 7) is 0. The zero-order valence-corrected chi connectivity index (χ0v) is 13.6. The van der Waals surface area contributed by atoms with Crippen LogP contribution in [0.15, 0.2) is 91.0 Å². The Hall–Kier alpha value is -3.32. The lowest BCUT2D eigenvalue weighted by molar-refractivity contribution is 0.355. The van der Waals surface area contributed by atoms with Gasteiger partial charge in [0.1, 0.15) is 0 Å². The van der Waals surface area contributed by atoms with Crippen molar-refractivity contribution in [1.82, 2.24) is 0 Å². The van der Waals surface area contributed by atoms with E-state index in [9.17, 15) is 5.11 Å². The number of fused-ring (bicyclic) bond motifs is 3. The highest BCUT2D eigenvalue weighted by Crippen LogP contribution is 2.30. The molecule has 0 N–H and O–H groups in total. The van der Waals surface area contributed by atoms with Gasteiger partial charge in [-0.15, -0.1) is 0 Å². The summed E-state index contributed by atoms with van der Waals surface area (Å²) in [5.74, 6) is 0.0506. The number of hydrogen-bond acceptors (Lipinski definition) is 0. The van der Waals surface area contributed by atoms with Gasteiger partial charge < -0.3 is 0 Å². The van der Waals surface area contributed by atoms with Crippen LogP contribution >= 0.6 is 0 Å². The summed E-state index contributed by atoms with van der Waals surface area (Å²) in [5, 5.41) is 18.7. The second-order valence-corrected chi connectivity index (χ2v) is 6.49. The normalized spacial score (nSPS) is 11.4. The van der Waals surface area contributed by atoms with E-state index in [4.69, 9.17) is 0 Å². The molecule has 5 rings (SSSR count). The van der Waals surface area contributed by atoms with Gasteiger partial charge in [-0.2, -0.15) is 0 Å². The van der Waals surface area contributed by atoms with Gasteiger partial charge in [-0.05, 0) is 79.8 Å². The van der Waals surface area contributed by atoms with E-state index in [1.54, 1.807) is 12.1 Å². The Bertz CT molecular complexity index is 1250. The fourth-order valence-electron chi connectivity index (χ4n) is 3.52. The molecule has 25 heavy (non-hydrogen) atoms. The topological polar surface area (TPSA) is 19.9 Å². The van der Waals surface area contributed by atoms with Gasteiger partial charge in [-0.1, -0.05) is 54.6 Å². The molecule has 0 aromatic heterocycles. The molecule has 0 fully saturated rings. The standard InChI is InChI=1S/C24H15O/c25-24-10-9-16-5-6-19(14-23(16)15-24)20-7-8-21-11-17-3-1-2-4-18(17)12-22(21)13-20/h1-15H. The van der Waals surface area contributed by atoms with Crippen LogP contribution in [0.2, 0.25) is 0 Å². The first-order chi connectivity index (χ1) is 12.3. The summed E-state index contributed by atoms with van der Waals surface area (Å²) in [7, 11) is 0. The maximum absolute atomic E-state index is 11.6. The zero-order valence-electron chi connectivity index (χ0n) is 13.6. The molecule has 0 aliphatic rings. The van der Waals surface area contributed by atoms with Crippen LogP contribution in [0.5, 0.6) is 5.75 Å². The average Bonchev–Trinajstić information content (AvgIpc) is 2.65. The minimum absolute atomic E-state index is 0.0506. The van der Waals surface area contributed by atoms with Crippen molar-refractivity contribution in [2.24, 2.45) is 0 Å². The highest BCUT2D eigenvalue weighted by atomic mass is 16.3. The maximum Gasteiger partial charge on any atom is 0.179 e. The summed E-state index contributed by atoms with van der Waals surface area (Å²) >= 11 is 0. The molecule has 1 nitrogen and oxygen atoms in total. The minimum atomic E-state index is 0.0506. The van der Waals surface area contributed by atoms with Gasteiger partial charge in [0.2, 0.25) is 0 Å². The van der Waals surface area contributed by atoms with Crippen molar-refractivity contribution in [3.8, 4) is 16.9 Å². The second-order valence-electron chi connectivity index (χ2n) is 6.49. The average molecular weight is 319 g/mol. The SMILES string of the molecule is [O]c1ccc2ccc(-c3ccc4cc5ccccc5cc4c3)cc2c1. The van der Waals surface area contributed by atoms with E-state index in [0.29, 0.717) is 0 Å². The second kappa shape index (κ2) is 5.35. The van der Waals surface area contributed by atoms with Crippen molar-refractivity contribution >= 4 is 32.3 Å². The Balaban J connectivity index is 1.70. The largest absolute Gasteiger partial charge is 0.290 e. The predicted octanol–water partition coefficient (Wildman–Crippen LogP) is 6.96. The number of benzene rings is 5. The van der Waals surface area contributed by atoms with Crippen molar-refractivity contribution in [1.29, 1.82) is 0 Å². The van der Waals surface area contributed by atoms with Crippen LogP contribution in [0.1, 0.15) is 0 Å². The van der Waals surface area contributed by atoms with Crippen molar-refractivity contribution in [2.75, 3.05) is 0 Å². The molecule has 0 aliphatic heterocycles. The lowest BCUT2D eigenvalue weighted by Crippen LogP contribution is -1.81. The molecule has 0 unspecified atom stereocenters. The molecule has 0 saturated carbocycles. The number of hydrogen-bond donors (Lipinski definition) is 0. The van der Waals surface area contributed by atoms with Crippen LogP contribution < -0.4 is 0 Å². The molecule has 0 atom stereocenters. The van der Waals surface area contributed by atoms with Crippen LogP contribution in [0, 0.1) is 0 Å². The maximum atomic E-state index is 11.6. The first-order valence-electron chi connectivity index (χ1n) is 8.40. The van der Waals surface area contributed by atoms with Crippen LogP contribution in [0.3, 0.4) is 0 Å². The highest BCUT2D eigenvalue weighted by molar-refractivity contribution is 6.00. The van der Waals surface area contributed by atoms with Gasteiger partial charge >= 0.3 is 0 Å². The van der Waals surface area contributed by atoms with Gasteiger partial charge in [-0.25, -0.2) is 0 Å². The van der Waals surface area contributed by atoms with Gasteiger partial charge in [0.15, 0.2) is 5.75 Å². The van der Waals surface area contributed by atoms with Crippen molar-refractivity contribution in [2.45, 2.75) is 0 Å². The Morgan fingerprint density at radius 3 is 1.64 bits per heavy atom. The van der Waals surface area contributed by atoms with Gasteiger partial charge in [0.25, 0.3) is 0 Å². The monoisotopic (exact) mass is 319 g/mol. The van der Waals surface area contributed by atoms with Gasteiger partial charge in [-0.3, -0.25) is 5.11 Å². The summed E-state index contributed by atoms with van der Waals surface area (Å²) in [6, 6.07) is 31.0. The quantitative estimate of drug-likeness (QED) is 0.298. The lowest BCUT2D eigenvalue weighted by Gasteiger charge is -2.07. The Kier molecular flexibility index (Phi) is 3.01. The molecule has 0 spiro atoms. The molecule has 1 heteroatoms. The number of rotatable bonds is 1. The molecule has 0 heterocycles. The molecule has 0 aliphatic carbocycles. The first kappa shape index (κ1) is 14.1. The molecule has 1 radical (unpaired) electrons. The third kappa shape index (κ3) is 2.41. The predicted molar refractivity (Wildman–Crippen MR) is 105 cm³/mol. The fourth-order valence-corrected chi connectivity index (χ4v) is 3.52. The van der Waals surface area contributed by atoms with E-state index < -0.39 is 0 Å². The summed E-state index contributed by atoms with van der Waals surface area (Å²) in [6.07, 6.45) is 0. The Morgan fingerprint density at radius 1 is 0.400 bits per heavy atom. The summed E-state index contributed by atoms with van der Waals surface area (Å²) < 4.78 is 0. The van der Waals surface area contributed by atoms with E-state index in [-0.39, 0.29) is 5.75 Å². The van der Waals surface area contributed by atoms with Crippen LogP contribution in [-0.4, -0.2) is 0 Å². The van der Waals surface area contributed by atoms with E-state index in [2.05, 4.69) is 72.8 Å². The zero-order chi connectivity index (χ0) is 16.8. The van der Waals surface area contributed by atoms with Crippen LogP contribution in [0.25, 0.3) is 43.4 Å². The Labute approximate surface area is 145 Å². The van der Waals surface area contributed by atoms with E-state index in [1.807, 2.05) is 6.07 Å². The molecule has 0 bridgehead atoms. The van der Waals surface area contributed by atoms with Crippen LogP contribution in [0.4, 0.5) is 0 Å². The van der Waals surface area contributed by atoms with Gasteiger partial charge in [0, 0.05) is 0 Å². The van der Waals surface area contributed by atoms with E-state index in [1.165, 1.54) is 27.1 Å². The molecular formula is C24H15O. The smallest absolute Gasteiger partial charge is 0.179 e. The molecule has 0 amide bonds. The van der Waals surface area contributed by atoms with Gasteiger partial charge in [0.05, 0.1) is 0 Å². The summed E-state index contributed by atoms with van der Waals surface area (Å²) in [4.78, 5) is 0. The first-order valence-corrected chi connectivity index (χ1v) is 8.40. The third-order valence-corrected chi connectivity index (χ3v) is 4.85. The molecule has 0 saturated heterocycles. The molecule has 117 valence electrons. The lowest BCUT2D eigenvalue weighted by atomic mass is 9.97. The van der Waals surface area contributed by atoms with E-state index >= 15 is 0 Å². The highest BCUT2D eigenvalue weighted by Gasteiger charge is 2.04. The molecular weight excluding hydrogens is 304 g/mol. The van der Waals surface area contributed by atoms with Crippen molar-refractivity contribution in [3.63, 3.8) is 0 Å². The minimum Gasteiger partial charge on any atom is -0.290 e. The van der Waals surface area contributed by atoms with Crippen molar-refractivity contribution in [3.05, 3.63) is 91.0 Å². The Morgan fingerprint density at radius 2 is 0.920 bits per heavy atom. The summed E-state index contributed by atoms with van der Waals surface area (Å²) in [5.41, 5.74) is 2.30.